The Morgan fingerprint density at radius 2 is 1.86 bits per heavy atom. The highest BCUT2D eigenvalue weighted by Crippen LogP contribution is 2.27. The van der Waals surface area contributed by atoms with E-state index in [0.717, 1.165) is 16.6 Å². The monoisotopic (exact) mass is 412 g/mol. The highest BCUT2D eigenvalue weighted by atomic mass is 35.5. The Kier molecular flexibility index (Phi) is 5.87. The molecule has 0 saturated carbocycles. The van der Waals surface area contributed by atoms with Gasteiger partial charge in [0.1, 0.15) is 11.3 Å². The first-order chi connectivity index (χ1) is 13.1. The van der Waals surface area contributed by atoms with Crippen molar-refractivity contribution in [3.63, 3.8) is 0 Å². The van der Waals surface area contributed by atoms with Crippen LogP contribution in [0.5, 0.6) is 0 Å². The van der Waals surface area contributed by atoms with Crippen molar-refractivity contribution in [3.8, 4) is 16.9 Å². The number of nitrogens with two attached hydrogens (primary N) is 1. The Labute approximate surface area is 171 Å². The fourth-order valence-electron chi connectivity index (χ4n) is 2.84. The van der Waals surface area contributed by atoms with E-state index < -0.39 is 5.63 Å². The Hall–Kier alpha value is -3.03. The molecule has 0 spiro atoms. The number of hydrogen-bond acceptors (Lipinski definition) is 5. The summed E-state index contributed by atoms with van der Waals surface area (Å²) in [5.74, 6) is 0.434. The third kappa shape index (κ3) is 3.95. The second-order valence-corrected chi connectivity index (χ2v) is 6.94. The van der Waals surface area contributed by atoms with Gasteiger partial charge in [0.15, 0.2) is 5.17 Å². The average Bonchev–Trinajstić information content (AvgIpc) is 3.10. The number of para-hydroxylation sites is 2. The minimum atomic E-state index is -0.443. The van der Waals surface area contributed by atoms with Crippen LogP contribution in [0, 0.1) is 5.41 Å². The molecule has 0 fully saturated rings. The summed E-state index contributed by atoms with van der Waals surface area (Å²) in [7, 11) is 0. The maximum Gasteiger partial charge on any atom is 0.345 e. The first-order valence-electron chi connectivity index (χ1n) is 8.26. The van der Waals surface area contributed by atoms with Crippen molar-refractivity contribution >= 4 is 40.3 Å². The molecule has 0 saturated heterocycles. The molecule has 2 heterocycles. The molecule has 3 N–H and O–H groups in total. The van der Waals surface area contributed by atoms with Gasteiger partial charge in [-0.1, -0.05) is 48.2 Å². The molecular weight excluding hydrogens is 396 g/mol. The van der Waals surface area contributed by atoms with Crippen molar-refractivity contribution in [2.24, 2.45) is 5.73 Å². The summed E-state index contributed by atoms with van der Waals surface area (Å²) < 4.78 is 7.19. The van der Waals surface area contributed by atoms with Crippen molar-refractivity contribution in [1.82, 2.24) is 9.78 Å². The van der Waals surface area contributed by atoms with Gasteiger partial charge >= 0.3 is 5.63 Å². The highest BCUT2D eigenvalue weighted by molar-refractivity contribution is 8.13. The summed E-state index contributed by atoms with van der Waals surface area (Å²) in [6, 6.07) is 18.8. The van der Waals surface area contributed by atoms with Crippen LogP contribution in [0.1, 0.15) is 5.56 Å². The van der Waals surface area contributed by atoms with Gasteiger partial charge in [-0.2, -0.15) is 5.10 Å². The van der Waals surface area contributed by atoms with Gasteiger partial charge in [-0.3, -0.25) is 5.41 Å². The Bertz CT molecular complexity index is 1190. The molecule has 0 radical (unpaired) electrons. The van der Waals surface area contributed by atoms with E-state index in [0.29, 0.717) is 22.6 Å². The Morgan fingerprint density at radius 3 is 2.61 bits per heavy atom. The molecule has 0 aliphatic heterocycles. The van der Waals surface area contributed by atoms with E-state index in [9.17, 15) is 4.79 Å². The van der Waals surface area contributed by atoms with Crippen LogP contribution in [0.4, 0.5) is 0 Å². The van der Waals surface area contributed by atoms with Crippen molar-refractivity contribution in [3.05, 3.63) is 82.8 Å². The number of thioether (sulfide) groups is 1. The number of amidine groups is 1. The van der Waals surface area contributed by atoms with Crippen LogP contribution in [-0.2, 0) is 5.75 Å². The number of rotatable bonds is 4. The molecule has 0 aliphatic carbocycles. The van der Waals surface area contributed by atoms with Crippen LogP contribution in [0.25, 0.3) is 27.9 Å². The SMILES string of the molecule is Cl.N=C(N)SCc1cn(-c2ccccc2)nc1-c1cc2ccccc2oc1=O. The van der Waals surface area contributed by atoms with Gasteiger partial charge in [-0.25, -0.2) is 9.48 Å². The third-order valence-corrected chi connectivity index (χ3v) is 4.86. The lowest BCUT2D eigenvalue weighted by Crippen LogP contribution is -2.06. The molecule has 6 nitrogen and oxygen atoms in total. The van der Waals surface area contributed by atoms with Crippen LogP contribution < -0.4 is 11.4 Å². The number of aromatic nitrogens is 2. The number of fused-ring (bicyclic) bond motifs is 1. The van der Waals surface area contributed by atoms with Crippen LogP contribution in [0.3, 0.4) is 0 Å². The molecule has 4 rings (SSSR count). The van der Waals surface area contributed by atoms with E-state index in [-0.39, 0.29) is 17.6 Å². The van der Waals surface area contributed by atoms with Gasteiger partial charge in [0.05, 0.1) is 11.3 Å². The first-order valence-corrected chi connectivity index (χ1v) is 9.24. The quantitative estimate of drug-likeness (QED) is 0.297. The summed E-state index contributed by atoms with van der Waals surface area (Å²) in [4.78, 5) is 12.6. The lowest BCUT2D eigenvalue weighted by molar-refractivity contribution is 0.563. The molecule has 142 valence electrons. The summed E-state index contributed by atoms with van der Waals surface area (Å²) in [6.45, 7) is 0. The molecule has 0 unspecified atom stereocenters. The zero-order valence-corrected chi connectivity index (χ0v) is 16.3. The van der Waals surface area contributed by atoms with Crippen molar-refractivity contribution in [2.45, 2.75) is 5.75 Å². The zero-order valence-electron chi connectivity index (χ0n) is 14.7. The maximum absolute atomic E-state index is 12.6. The van der Waals surface area contributed by atoms with Crippen LogP contribution in [-0.4, -0.2) is 14.9 Å². The van der Waals surface area contributed by atoms with Gasteiger partial charge < -0.3 is 10.2 Å². The number of benzene rings is 2. The van der Waals surface area contributed by atoms with E-state index >= 15 is 0 Å². The predicted octanol–water partition coefficient (Wildman–Crippen LogP) is 4.19. The molecule has 2 aromatic carbocycles. The minimum absolute atomic E-state index is 0. The lowest BCUT2D eigenvalue weighted by atomic mass is 10.1. The normalized spacial score (nSPS) is 10.6. The number of halogens is 1. The average molecular weight is 413 g/mol. The molecule has 0 aliphatic rings. The number of nitrogens with zero attached hydrogens (tertiary/aromatic N) is 2. The molecular formula is C20H17ClN4O2S. The van der Waals surface area contributed by atoms with Gasteiger partial charge in [0.2, 0.25) is 0 Å². The van der Waals surface area contributed by atoms with E-state index in [1.165, 1.54) is 11.8 Å². The van der Waals surface area contributed by atoms with E-state index in [1.807, 2.05) is 54.7 Å². The molecule has 0 amide bonds. The van der Waals surface area contributed by atoms with Gasteiger partial charge in [0, 0.05) is 22.9 Å². The van der Waals surface area contributed by atoms with E-state index in [4.69, 9.17) is 15.6 Å². The molecule has 4 aromatic rings. The van der Waals surface area contributed by atoms with Crippen molar-refractivity contribution in [1.29, 1.82) is 5.41 Å². The highest BCUT2D eigenvalue weighted by Gasteiger charge is 2.17. The zero-order chi connectivity index (χ0) is 18.8. The second-order valence-electron chi connectivity index (χ2n) is 5.92. The predicted molar refractivity (Wildman–Crippen MR) is 115 cm³/mol. The Morgan fingerprint density at radius 1 is 1.14 bits per heavy atom. The van der Waals surface area contributed by atoms with Crippen molar-refractivity contribution in [2.75, 3.05) is 0 Å². The van der Waals surface area contributed by atoms with Crippen LogP contribution in [0.2, 0.25) is 0 Å². The van der Waals surface area contributed by atoms with Crippen molar-refractivity contribution < 1.29 is 4.42 Å². The summed E-state index contributed by atoms with van der Waals surface area (Å²) in [5.41, 5.74) is 8.19. The first kappa shape index (κ1) is 19.7. The molecule has 28 heavy (non-hydrogen) atoms. The summed E-state index contributed by atoms with van der Waals surface area (Å²) in [5, 5.41) is 12.9. The molecule has 8 heteroatoms. The fraction of sp³-hybridized carbons (Fsp3) is 0.0500. The maximum atomic E-state index is 12.6. The van der Waals surface area contributed by atoms with Gasteiger partial charge in [-0.15, -0.1) is 12.4 Å². The van der Waals surface area contributed by atoms with Crippen LogP contribution >= 0.6 is 24.2 Å². The largest absolute Gasteiger partial charge is 0.422 e. The van der Waals surface area contributed by atoms with E-state index in [2.05, 4.69) is 5.10 Å². The summed E-state index contributed by atoms with van der Waals surface area (Å²) >= 11 is 1.19. The summed E-state index contributed by atoms with van der Waals surface area (Å²) in [6.07, 6.45) is 1.86. The third-order valence-electron chi connectivity index (χ3n) is 4.09. The van der Waals surface area contributed by atoms with Crippen LogP contribution in [0.15, 0.2) is 76.1 Å². The number of nitrogens with one attached hydrogen (secondary N) is 1. The second kappa shape index (κ2) is 8.33. The molecule has 0 bridgehead atoms. The molecule has 2 aromatic heterocycles. The minimum Gasteiger partial charge on any atom is -0.422 e. The lowest BCUT2D eigenvalue weighted by Gasteiger charge is -2.03. The standard InChI is InChI=1S/C20H16N4O2S.ClH/c21-20(22)27-12-14-11-24(15-7-2-1-3-8-15)23-18(14)16-10-13-6-4-5-9-17(13)26-19(16)25;/h1-11H,12H2,(H3,21,22);1H. The smallest absolute Gasteiger partial charge is 0.345 e. The Balaban J connectivity index is 0.00000225. The van der Waals surface area contributed by atoms with Gasteiger partial charge in [-0.05, 0) is 24.3 Å². The molecule has 0 atom stereocenters. The van der Waals surface area contributed by atoms with E-state index in [1.54, 1.807) is 16.8 Å². The van der Waals surface area contributed by atoms with Gasteiger partial charge in [0.25, 0.3) is 0 Å². The fourth-order valence-corrected chi connectivity index (χ4v) is 3.36. The topological polar surface area (TPSA) is 97.9 Å². The number of hydrogen-bond donors (Lipinski definition) is 2.